The van der Waals surface area contributed by atoms with Crippen LogP contribution in [0.25, 0.3) is 10.9 Å². The van der Waals surface area contributed by atoms with Crippen LogP contribution in [0.5, 0.6) is 0 Å². The van der Waals surface area contributed by atoms with Gasteiger partial charge in [0, 0.05) is 30.8 Å². The van der Waals surface area contributed by atoms with E-state index in [1.54, 1.807) is 11.2 Å². The van der Waals surface area contributed by atoms with E-state index in [4.69, 9.17) is 4.74 Å². The van der Waals surface area contributed by atoms with E-state index in [0.717, 1.165) is 22.2 Å². The highest BCUT2D eigenvalue weighted by Crippen LogP contribution is 2.30. The second-order valence-corrected chi connectivity index (χ2v) is 7.09. The number of amides is 2. The van der Waals surface area contributed by atoms with E-state index in [9.17, 15) is 9.59 Å². The van der Waals surface area contributed by atoms with Gasteiger partial charge in [-0.2, -0.15) is 0 Å². The molecule has 0 spiro atoms. The summed E-state index contributed by atoms with van der Waals surface area (Å²) in [6.45, 7) is 1.13. The van der Waals surface area contributed by atoms with Crippen LogP contribution in [0, 0.1) is 0 Å². The number of likely N-dealkylation sites (tertiary alicyclic amines) is 1. The smallest absolute Gasteiger partial charge is 0.407 e. The molecule has 0 bridgehead atoms. The normalized spacial score (nSPS) is 14.9. The summed E-state index contributed by atoms with van der Waals surface area (Å²) in [4.78, 5) is 35.3. The maximum Gasteiger partial charge on any atom is 0.407 e. The predicted molar refractivity (Wildman–Crippen MR) is 108 cm³/mol. The number of ether oxygens (including phenoxy) is 1. The molecule has 29 heavy (non-hydrogen) atoms. The first kappa shape index (κ1) is 18.9. The molecule has 148 valence electrons. The number of alkyl carbamates (subject to hydrolysis) is 1. The molecule has 3 aromatic rings. The summed E-state index contributed by atoms with van der Waals surface area (Å²) in [5.74, 6) is 0.0382. The number of methoxy groups -OCH3 is 1. The zero-order valence-electron chi connectivity index (χ0n) is 16.1. The van der Waals surface area contributed by atoms with E-state index in [1.165, 1.54) is 7.11 Å². The summed E-state index contributed by atoms with van der Waals surface area (Å²) < 4.78 is 4.70. The number of nitrogens with zero attached hydrogens (tertiary/aromatic N) is 3. The first-order valence-corrected chi connectivity index (χ1v) is 9.52. The minimum Gasteiger partial charge on any atom is -0.453 e. The van der Waals surface area contributed by atoms with Crippen LogP contribution in [0.3, 0.4) is 0 Å². The Morgan fingerprint density at radius 2 is 1.83 bits per heavy atom. The molecule has 1 unspecified atom stereocenters. The van der Waals surface area contributed by atoms with Crippen molar-refractivity contribution in [3.63, 3.8) is 0 Å². The molecule has 7 nitrogen and oxygen atoms in total. The van der Waals surface area contributed by atoms with Crippen LogP contribution in [-0.2, 0) is 16.0 Å². The molecule has 0 saturated carbocycles. The highest BCUT2D eigenvalue weighted by Gasteiger charge is 2.37. The predicted octanol–water partition coefficient (Wildman–Crippen LogP) is 2.52. The van der Waals surface area contributed by atoms with E-state index >= 15 is 0 Å². The van der Waals surface area contributed by atoms with Gasteiger partial charge in [0.05, 0.1) is 18.3 Å². The molecule has 1 fully saturated rings. The van der Waals surface area contributed by atoms with Gasteiger partial charge in [0.1, 0.15) is 12.4 Å². The van der Waals surface area contributed by atoms with Crippen LogP contribution in [0.2, 0.25) is 0 Å². The highest BCUT2D eigenvalue weighted by molar-refractivity contribution is 5.87. The van der Waals surface area contributed by atoms with Crippen LogP contribution in [0.1, 0.15) is 17.2 Å². The topological polar surface area (TPSA) is 84.4 Å². The summed E-state index contributed by atoms with van der Waals surface area (Å²) in [5, 5.41) is 3.68. The largest absolute Gasteiger partial charge is 0.453 e. The molecule has 0 radical (unpaired) electrons. The number of hydrogen-bond donors (Lipinski definition) is 1. The van der Waals surface area contributed by atoms with Gasteiger partial charge in [-0.25, -0.2) is 14.8 Å². The molecule has 2 amide bonds. The van der Waals surface area contributed by atoms with Gasteiger partial charge in [0.25, 0.3) is 0 Å². The van der Waals surface area contributed by atoms with Gasteiger partial charge in [-0.15, -0.1) is 0 Å². The van der Waals surface area contributed by atoms with Crippen molar-refractivity contribution in [2.75, 3.05) is 20.2 Å². The molecular formula is C22H22N4O3. The second-order valence-electron chi connectivity index (χ2n) is 7.09. The Labute approximate surface area is 168 Å². The number of nitrogens with one attached hydrogen (secondary N) is 1. The molecule has 7 heteroatoms. The average Bonchev–Trinajstić information content (AvgIpc) is 2.73. The minimum absolute atomic E-state index is 0.117. The van der Waals surface area contributed by atoms with Crippen LogP contribution in [0.4, 0.5) is 4.79 Å². The van der Waals surface area contributed by atoms with Gasteiger partial charge in [0.2, 0.25) is 5.91 Å². The number of fused-ring (bicyclic) bond motifs is 1. The third-order valence-electron chi connectivity index (χ3n) is 5.21. The monoisotopic (exact) mass is 390 g/mol. The molecule has 1 aliphatic heterocycles. The van der Waals surface area contributed by atoms with Crippen LogP contribution in [-0.4, -0.2) is 53.1 Å². The molecule has 1 aromatic heterocycles. The highest BCUT2D eigenvalue weighted by atomic mass is 16.5. The van der Waals surface area contributed by atoms with Gasteiger partial charge in [0.15, 0.2) is 0 Å². The lowest BCUT2D eigenvalue weighted by Gasteiger charge is -2.41. The lowest BCUT2D eigenvalue weighted by atomic mass is 9.92. The maximum atomic E-state index is 13.0. The number of benzene rings is 2. The number of hydrogen-bond acceptors (Lipinski definition) is 5. The van der Waals surface area contributed by atoms with Crippen LogP contribution in [0.15, 0.2) is 60.9 Å². The fourth-order valence-electron chi connectivity index (χ4n) is 3.65. The maximum absolute atomic E-state index is 13.0. The van der Waals surface area contributed by atoms with Crippen LogP contribution < -0.4 is 5.32 Å². The molecule has 0 aliphatic carbocycles. The number of carbonyl (C=O) groups excluding carboxylic acids is 2. The summed E-state index contributed by atoms with van der Waals surface area (Å²) in [6.07, 6.45) is 1.36. The lowest BCUT2D eigenvalue weighted by Crippen LogP contribution is -2.56. The third-order valence-corrected chi connectivity index (χ3v) is 5.21. The lowest BCUT2D eigenvalue weighted by molar-refractivity contribution is -0.137. The molecule has 2 heterocycles. The molecule has 1 atom stereocenters. The Bertz CT molecular complexity index is 1010. The fourth-order valence-corrected chi connectivity index (χ4v) is 3.65. The number of carbonyl (C=O) groups is 2. The summed E-state index contributed by atoms with van der Waals surface area (Å²) in [7, 11) is 1.29. The van der Waals surface area contributed by atoms with Gasteiger partial charge in [-0.3, -0.25) is 4.79 Å². The van der Waals surface area contributed by atoms with Crippen LogP contribution >= 0.6 is 0 Å². The quantitative estimate of drug-likeness (QED) is 0.724. The van der Waals surface area contributed by atoms with Gasteiger partial charge in [-0.1, -0.05) is 48.5 Å². The Balaban J connectivity index is 1.47. The standard InChI is InChI=1S/C22H22N4O3/c1-29-22(28)25-19(11-15-7-3-2-4-8-15)21(27)26-12-16(13-26)20-17-9-5-6-10-18(17)23-14-24-20/h2-10,14,16,19H,11-13H2,1H3,(H,25,28). The van der Waals surface area contributed by atoms with E-state index in [0.29, 0.717) is 19.5 Å². The Morgan fingerprint density at radius 3 is 2.59 bits per heavy atom. The number of aromatic nitrogens is 2. The summed E-state index contributed by atoms with van der Waals surface area (Å²) in [5.41, 5.74) is 2.83. The Hall–Kier alpha value is -3.48. The van der Waals surface area contributed by atoms with Crippen molar-refractivity contribution in [1.29, 1.82) is 0 Å². The van der Waals surface area contributed by atoms with Crippen molar-refractivity contribution < 1.29 is 14.3 Å². The Morgan fingerprint density at radius 1 is 1.10 bits per heavy atom. The number of para-hydroxylation sites is 1. The fraction of sp³-hybridized carbons (Fsp3) is 0.273. The van der Waals surface area contributed by atoms with Crippen molar-refractivity contribution >= 4 is 22.9 Å². The molecular weight excluding hydrogens is 368 g/mol. The number of rotatable bonds is 5. The van der Waals surface area contributed by atoms with E-state index in [2.05, 4.69) is 15.3 Å². The molecule has 1 saturated heterocycles. The van der Waals surface area contributed by atoms with E-state index in [1.807, 2.05) is 54.6 Å². The van der Waals surface area contributed by atoms with Gasteiger partial charge >= 0.3 is 6.09 Å². The first-order valence-electron chi connectivity index (χ1n) is 9.52. The Kier molecular flexibility index (Phi) is 5.37. The zero-order chi connectivity index (χ0) is 20.2. The average molecular weight is 390 g/mol. The van der Waals surface area contributed by atoms with Crippen molar-refractivity contribution in [1.82, 2.24) is 20.2 Å². The molecule has 2 aromatic carbocycles. The molecule has 1 aliphatic rings. The summed E-state index contributed by atoms with van der Waals surface area (Å²) in [6, 6.07) is 16.8. The first-order chi connectivity index (χ1) is 14.2. The zero-order valence-corrected chi connectivity index (χ0v) is 16.1. The second kappa shape index (κ2) is 8.26. The van der Waals surface area contributed by atoms with Gasteiger partial charge < -0.3 is 15.0 Å². The minimum atomic E-state index is -0.673. The summed E-state index contributed by atoms with van der Waals surface area (Å²) >= 11 is 0. The molecule has 1 N–H and O–H groups in total. The van der Waals surface area contributed by atoms with Crippen molar-refractivity contribution in [2.45, 2.75) is 18.4 Å². The van der Waals surface area contributed by atoms with Crippen molar-refractivity contribution in [3.05, 3.63) is 72.2 Å². The van der Waals surface area contributed by atoms with E-state index < -0.39 is 12.1 Å². The van der Waals surface area contributed by atoms with Crippen molar-refractivity contribution in [2.24, 2.45) is 0 Å². The molecule has 4 rings (SSSR count). The SMILES string of the molecule is COC(=O)NC(Cc1ccccc1)C(=O)N1CC(c2ncnc3ccccc23)C1. The van der Waals surface area contributed by atoms with Crippen molar-refractivity contribution in [3.8, 4) is 0 Å². The third kappa shape index (κ3) is 4.03. The van der Waals surface area contributed by atoms with Gasteiger partial charge in [-0.05, 0) is 11.6 Å². The van der Waals surface area contributed by atoms with E-state index in [-0.39, 0.29) is 11.8 Å².